The molecule has 11 heteroatoms. The summed E-state index contributed by atoms with van der Waals surface area (Å²) in [6, 6.07) is 21.5. The second-order valence-electron chi connectivity index (χ2n) is 13.4. The Morgan fingerprint density at radius 3 is 1.94 bits per heavy atom. The summed E-state index contributed by atoms with van der Waals surface area (Å²) < 4.78 is 22.5. The average molecular weight is 727 g/mol. The summed E-state index contributed by atoms with van der Waals surface area (Å²) >= 11 is 0. The quantitative estimate of drug-likeness (QED) is 0.0553. The molecule has 4 rings (SSSR count). The molecule has 282 valence electrons. The number of carbonyl (C=O) groups is 4. The highest BCUT2D eigenvalue weighted by Gasteiger charge is 2.27. The molecule has 4 aromatic carbocycles. The monoisotopic (exact) mass is 726 g/mol. The van der Waals surface area contributed by atoms with Gasteiger partial charge in [-0.3, -0.25) is 9.59 Å². The normalized spacial score (nSPS) is 12.2. The van der Waals surface area contributed by atoms with E-state index in [9.17, 15) is 19.2 Å². The zero-order valence-corrected chi connectivity index (χ0v) is 30.9. The van der Waals surface area contributed by atoms with Gasteiger partial charge >= 0.3 is 12.1 Å². The Bertz CT molecular complexity index is 1940. The molecular weight excluding hydrogens is 674 g/mol. The van der Waals surface area contributed by atoms with Gasteiger partial charge in [-0.05, 0) is 80.1 Å². The average Bonchev–Trinajstić information content (AvgIpc) is 3.13. The van der Waals surface area contributed by atoms with Gasteiger partial charge in [-0.25, -0.2) is 9.59 Å². The van der Waals surface area contributed by atoms with Crippen molar-refractivity contribution in [1.82, 2.24) is 16.0 Å². The second-order valence-corrected chi connectivity index (χ2v) is 13.4. The lowest BCUT2D eigenvalue weighted by molar-refractivity contribution is -0.145. The van der Waals surface area contributed by atoms with Crippen LogP contribution in [0.15, 0.2) is 98.1 Å². The van der Waals surface area contributed by atoms with Gasteiger partial charge < -0.3 is 34.9 Å². The molecule has 0 unspecified atom stereocenters. The molecule has 0 saturated carbocycles. The van der Waals surface area contributed by atoms with Gasteiger partial charge in [0, 0.05) is 19.1 Å². The van der Waals surface area contributed by atoms with Crippen molar-refractivity contribution in [2.45, 2.75) is 64.1 Å². The van der Waals surface area contributed by atoms with Crippen molar-refractivity contribution < 1.29 is 39.6 Å². The first-order chi connectivity index (χ1) is 25.4. The van der Waals surface area contributed by atoms with Gasteiger partial charge in [-0.15, -0.1) is 6.58 Å². The maximum Gasteiger partial charge on any atom is 0.407 e. The summed E-state index contributed by atoms with van der Waals surface area (Å²) in [7, 11) is 1.23. The highest BCUT2D eigenvalue weighted by Crippen LogP contribution is 2.45. The summed E-state index contributed by atoms with van der Waals surface area (Å²) in [5.74, 6) is -0.671. The lowest BCUT2D eigenvalue weighted by Crippen LogP contribution is -2.52. The number of benzene rings is 4. The van der Waals surface area contributed by atoms with Gasteiger partial charge in [0.15, 0.2) is 6.61 Å². The smallest absolute Gasteiger partial charge is 0.407 e. The van der Waals surface area contributed by atoms with E-state index in [-0.39, 0.29) is 14.3 Å². The van der Waals surface area contributed by atoms with Crippen LogP contribution < -0.4 is 25.4 Å². The zero-order chi connectivity index (χ0) is 38.4. The van der Waals surface area contributed by atoms with E-state index in [1.807, 2.05) is 72.8 Å². The van der Waals surface area contributed by atoms with Crippen LogP contribution in [0.2, 0.25) is 0 Å². The first-order valence-corrected chi connectivity index (χ1v) is 17.6. The number of ether oxygens (including phenoxy) is 4. The maximum atomic E-state index is 13.5. The van der Waals surface area contributed by atoms with Crippen LogP contribution in [0.25, 0.3) is 32.7 Å². The van der Waals surface area contributed by atoms with E-state index in [0.29, 0.717) is 37.5 Å². The largest absolute Gasteiger partial charge is 0.489 e. The molecule has 0 aliphatic rings. The molecule has 0 saturated heterocycles. The number of esters is 1. The highest BCUT2D eigenvalue weighted by molar-refractivity contribution is 6.09. The van der Waals surface area contributed by atoms with Gasteiger partial charge in [-0.1, -0.05) is 79.4 Å². The Balaban J connectivity index is 0.00000784. The van der Waals surface area contributed by atoms with Crippen molar-refractivity contribution in [3.05, 3.63) is 98.1 Å². The predicted octanol–water partition coefficient (Wildman–Crippen LogP) is 7.26. The van der Waals surface area contributed by atoms with Crippen LogP contribution in [0.4, 0.5) is 4.79 Å². The topological polar surface area (TPSA) is 141 Å². The first-order valence-electron chi connectivity index (χ1n) is 17.6. The summed E-state index contributed by atoms with van der Waals surface area (Å²) in [5, 5.41) is 12.0. The fourth-order valence-corrected chi connectivity index (χ4v) is 5.83. The van der Waals surface area contributed by atoms with Crippen LogP contribution in [0.5, 0.6) is 11.5 Å². The Morgan fingerprint density at radius 2 is 1.38 bits per heavy atom. The number of hydrogen-bond donors (Lipinski definition) is 3. The number of carbonyl (C=O) groups excluding carboxylic acids is 4. The van der Waals surface area contributed by atoms with E-state index in [4.69, 9.17) is 18.9 Å². The summed E-state index contributed by atoms with van der Waals surface area (Å²) in [5.41, 5.74) is 0.931. The fourth-order valence-electron chi connectivity index (χ4n) is 5.83. The summed E-state index contributed by atoms with van der Waals surface area (Å²) in [6.07, 6.45) is 3.96. The molecule has 53 heavy (non-hydrogen) atoms. The molecule has 0 aromatic heterocycles. The first kappa shape index (κ1) is 39.9. The number of methoxy groups -OCH3 is 1. The lowest BCUT2D eigenvalue weighted by atomic mass is 9.92. The molecule has 3 amide bonds. The lowest BCUT2D eigenvalue weighted by Gasteiger charge is -2.23. The van der Waals surface area contributed by atoms with Crippen molar-refractivity contribution >= 4 is 45.4 Å². The van der Waals surface area contributed by atoms with Gasteiger partial charge in [0.2, 0.25) is 5.91 Å². The van der Waals surface area contributed by atoms with Crippen molar-refractivity contribution in [3.63, 3.8) is 0 Å². The molecular formula is C42H51N3O8. The molecule has 0 aliphatic carbocycles. The van der Waals surface area contributed by atoms with Crippen molar-refractivity contribution in [3.8, 4) is 22.6 Å². The molecule has 11 nitrogen and oxygen atoms in total. The van der Waals surface area contributed by atoms with Crippen molar-refractivity contribution in [1.29, 1.82) is 0 Å². The van der Waals surface area contributed by atoms with E-state index in [0.717, 1.165) is 32.7 Å². The number of alkyl carbamates (subject to hydrolysis) is 1. The minimum absolute atomic E-state index is 0. The minimum Gasteiger partial charge on any atom is -0.489 e. The van der Waals surface area contributed by atoms with Gasteiger partial charge in [0.05, 0.1) is 7.11 Å². The van der Waals surface area contributed by atoms with Crippen LogP contribution in [0.3, 0.4) is 0 Å². The molecule has 3 N–H and O–H groups in total. The van der Waals surface area contributed by atoms with Crippen LogP contribution in [0, 0.1) is 0 Å². The maximum absolute atomic E-state index is 13.5. The number of hydrogen-bond acceptors (Lipinski definition) is 8. The van der Waals surface area contributed by atoms with E-state index in [2.05, 4.69) is 29.1 Å². The van der Waals surface area contributed by atoms with Crippen LogP contribution in [-0.4, -0.2) is 68.4 Å². The van der Waals surface area contributed by atoms with E-state index < -0.39 is 48.2 Å². The Labute approximate surface area is 312 Å². The third-order valence-electron chi connectivity index (χ3n) is 8.19. The van der Waals surface area contributed by atoms with E-state index in [1.165, 1.54) is 13.2 Å². The van der Waals surface area contributed by atoms with Crippen LogP contribution >= 0.6 is 0 Å². The summed E-state index contributed by atoms with van der Waals surface area (Å²) in [6.45, 7) is 13.0. The third kappa shape index (κ3) is 11.3. The third-order valence-corrected chi connectivity index (χ3v) is 8.19. The van der Waals surface area contributed by atoms with Gasteiger partial charge in [-0.2, -0.15) is 0 Å². The number of rotatable bonds is 18. The SMILES string of the molecule is C=CCOc1ccc2ccccc2c1-c1c(OCC(=O)N[C@H](CCCCNC(=O)OC(C)(C)C)C(=O)N[C@@H](CC=C)C(=O)OC)ccc2ccccc12.[2HH]. The van der Waals surface area contributed by atoms with Crippen molar-refractivity contribution in [2.75, 3.05) is 26.9 Å². The molecule has 0 aliphatic heterocycles. The number of fused-ring (bicyclic) bond motifs is 2. The standard InChI is InChI=1S/C42H49N3O8.H2/c1-7-15-33(40(48)50-6)45-39(47)32(20-13-14-25-43-41(49)53-42(3,4)5)44-36(46)27-52-35-24-22-29-17-10-12-19-31(29)38(35)37-30-18-11-9-16-28(30)21-23-34(37)51-26-8-2;/h7-12,16-19,21-24,32-33H,1-2,13-15,20,25-27H2,3-6H3,(H,43,49)(H,44,46)(H,45,47);1H/t32-,33+;/m1./s1/i;1+1. The number of amides is 3. The van der Waals surface area contributed by atoms with E-state index >= 15 is 0 Å². The molecule has 0 fully saturated rings. The molecule has 0 heterocycles. The molecule has 0 bridgehead atoms. The molecule has 4 aromatic rings. The summed E-state index contributed by atoms with van der Waals surface area (Å²) in [4.78, 5) is 51.5. The van der Waals surface area contributed by atoms with Crippen molar-refractivity contribution in [2.24, 2.45) is 0 Å². The Hall–Kier alpha value is -5.84. The van der Waals surface area contributed by atoms with Gasteiger partial charge in [0.25, 0.3) is 5.91 Å². The van der Waals surface area contributed by atoms with Crippen LogP contribution in [0.1, 0.15) is 47.9 Å². The minimum atomic E-state index is -1.02. The predicted molar refractivity (Wildman–Crippen MR) is 209 cm³/mol. The highest BCUT2D eigenvalue weighted by atomic mass is 16.6. The Kier molecular flexibility index (Phi) is 14.4. The molecule has 0 spiro atoms. The number of nitrogens with one attached hydrogen (secondary N) is 3. The van der Waals surface area contributed by atoms with E-state index in [1.54, 1.807) is 26.8 Å². The fraction of sp³-hybridized carbons (Fsp3) is 0.333. The molecule has 2 atom stereocenters. The molecule has 0 radical (unpaired) electrons. The second kappa shape index (κ2) is 19.1. The zero-order valence-electron chi connectivity index (χ0n) is 30.9. The van der Waals surface area contributed by atoms with Crippen LogP contribution in [-0.2, 0) is 23.9 Å². The van der Waals surface area contributed by atoms with Gasteiger partial charge in [0.1, 0.15) is 35.8 Å². The Morgan fingerprint density at radius 1 is 0.774 bits per heavy atom. The number of unbranched alkanes of at least 4 members (excludes halogenated alkanes) is 1.